The summed E-state index contributed by atoms with van der Waals surface area (Å²) in [5.41, 5.74) is 0. The Bertz CT molecular complexity index is 307. The quantitative estimate of drug-likeness (QED) is 0.623. The summed E-state index contributed by atoms with van der Waals surface area (Å²) in [5, 5.41) is 0. The van der Waals surface area contributed by atoms with Gasteiger partial charge in [-0.3, -0.25) is 14.4 Å². The van der Waals surface area contributed by atoms with Crippen molar-refractivity contribution in [3.05, 3.63) is 0 Å². The lowest BCUT2D eigenvalue weighted by atomic mass is 9.84. The lowest BCUT2D eigenvalue weighted by Gasteiger charge is -2.19. The molecular formula is C15H24O3. The summed E-state index contributed by atoms with van der Waals surface area (Å²) >= 11 is 0. The summed E-state index contributed by atoms with van der Waals surface area (Å²) in [6, 6.07) is 0. The van der Waals surface area contributed by atoms with Crippen LogP contribution in [0.4, 0.5) is 0 Å². The van der Waals surface area contributed by atoms with Crippen molar-refractivity contribution in [2.24, 2.45) is 5.92 Å². The standard InChI is InChI=1S/C15H24O3/c1-2-3-7-13(16)11-14(17)10-9-12-6-4-5-8-15(12)18/h12H,2-11H2,1H3. The smallest absolute Gasteiger partial charge is 0.140 e. The van der Waals surface area contributed by atoms with E-state index in [2.05, 4.69) is 0 Å². The molecule has 3 nitrogen and oxygen atoms in total. The van der Waals surface area contributed by atoms with Crippen LogP contribution in [0.2, 0.25) is 0 Å². The summed E-state index contributed by atoms with van der Waals surface area (Å²) < 4.78 is 0. The zero-order valence-corrected chi connectivity index (χ0v) is 11.4. The highest BCUT2D eigenvalue weighted by Gasteiger charge is 2.22. The van der Waals surface area contributed by atoms with E-state index in [0.717, 1.165) is 32.1 Å². The van der Waals surface area contributed by atoms with Crippen molar-refractivity contribution >= 4 is 17.3 Å². The summed E-state index contributed by atoms with van der Waals surface area (Å²) in [5.74, 6) is 0.450. The molecule has 102 valence electrons. The van der Waals surface area contributed by atoms with Crippen LogP contribution in [0.25, 0.3) is 0 Å². The van der Waals surface area contributed by atoms with E-state index in [1.165, 1.54) is 0 Å². The Kier molecular flexibility index (Phi) is 6.84. The molecule has 1 atom stereocenters. The first-order valence-electron chi connectivity index (χ1n) is 7.19. The molecule has 18 heavy (non-hydrogen) atoms. The SMILES string of the molecule is CCCCC(=O)CC(=O)CCC1CCCCC1=O. The van der Waals surface area contributed by atoms with Gasteiger partial charge in [-0.2, -0.15) is 0 Å². The van der Waals surface area contributed by atoms with Gasteiger partial charge < -0.3 is 0 Å². The zero-order chi connectivity index (χ0) is 13.4. The number of unbranched alkanes of at least 4 members (excludes halogenated alkanes) is 1. The maximum absolute atomic E-state index is 11.6. The first-order valence-corrected chi connectivity index (χ1v) is 7.19. The van der Waals surface area contributed by atoms with Gasteiger partial charge in [0.25, 0.3) is 0 Å². The summed E-state index contributed by atoms with van der Waals surface area (Å²) in [6.07, 6.45) is 7.19. The van der Waals surface area contributed by atoms with Crippen molar-refractivity contribution in [2.75, 3.05) is 0 Å². The van der Waals surface area contributed by atoms with Crippen LogP contribution in [0.1, 0.15) is 71.1 Å². The molecule has 1 aliphatic carbocycles. The topological polar surface area (TPSA) is 51.2 Å². The number of hydrogen-bond donors (Lipinski definition) is 0. The van der Waals surface area contributed by atoms with E-state index in [1.54, 1.807) is 0 Å². The molecule has 0 aromatic heterocycles. The average Bonchev–Trinajstić information content (AvgIpc) is 2.35. The third kappa shape index (κ3) is 5.56. The minimum absolute atomic E-state index is 0.00877. The number of carbonyl (C=O) groups is 3. The van der Waals surface area contributed by atoms with E-state index in [1.807, 2.05) is 6.92 Å². The third-order valence-electron chi connectivity index (χ3n) is 3.66. The molecule has 0 aliphatic heterocycles. The van der Waals surface area contributed by atoms with Gasteiger partial charge in [0, 0.05) is 25.2 Å². The lowest BCUT2D eigenvalue weighted by molar-refractivity contribution is -0.127. The number of carbonyl (C=O) groups excluding carboxylic acids is 3. The molecule has 0 N–H and O–H groups in total. The van der Waals surface area contributed by atoms with Gasteiger partial charge in [0.05, 0.1) is 6.42 Å². The Morgan fingerprint density at radius 2 is 1.89 bits per heavy atom. The van der Waals surface area contributed by atoms with E-state index >= 15 is 0 Å². The average molecular weight is 252 g/mol. The van der Waals surface area contributed by atoms with Gasteiger partial charge in [0.15, 0.2) is 0 Å². The van der Waals surface area contributed by atoms with E-state index in [-0.39, 0.29) is 23.9 Å². The minimum atomic E-state index is 0.00877. The van der Waals surface area contributed by atoms with Crippen LogP contribution >= 0.6 is 0 Å². The second-order valence-corrected chi connectivity index (χ2v) is 5.31. The normalized spacial score (nSPS) is 19.8. The fourth-order valence-corrected chi connectivity index (χ4v) is 2.47. The maximum atomic E-state index is 11.6. The van der Waals surface area contributed by atoms with Gasteiger partial charge in [0.1, 0.15) is 17.3 Å². The van der Waals surface area contributed by atoms with Gasteiger partial charge in [-0.05, 0) is 25.7 Å². The van der Waals surface area contributed by atoms with Gasteiger partial charge in [0.2, 0.25) is 0 Å². The zero-order valence-electron chi connectivity index (χ0n) is 11.4. The molecule has 1 saturated carbocycles. The van der Waals surface area contributed by atoms with Crippen molar-refractivity contribution in [1.82, 2.24) is 0 Å². The molecule has 0 aromatic carbocycles. The van der Waals surface area contributed by atoms with E-state index in [0.29, 0.717) is 31.5 Å². The van der Waals surface area contributed by atoms with Crippen LogP contribution in [0.15, 0.2) is 0 Å². The molecule has 0 radical (unpaired) electrons. The van der Waals surface area contributed by atoms with Gasteiger partial charge in [-0.15, -0.1) is 0 Å². The molecule has 1 fully saturated rings. The molecule has 0 heterocycles. The number of rotatable bonds is 8. The van der Waals surface area contributed by atoms with Crippen molar-refractivity contribution < 1.29 is 14.4 Å². The Balaban J connectivity index is 2.19. The predicted octanol–water partition coefficient (Wildman–Crippen LogP) is 3.24. The van der Waals surface area contributed by atoms with Crippen LogP contribution < -0.4 is 0 Å². The number of Topliss-reactive ketones (excluding diaryl/α,β-unsaturated/α-hetero) is 3. The molecule has 0 bridgehead atoms. The van der Waals surface area contributed by atoms with E-state index < -0.39 is 0 Å². The maximum Gasteiger partial charge on any atom is 0.140 e. The molecule has 1 aliphatic rings. The van der Waals surface area contributed by atoms with Crippen LogP contribution in [0.3, 0.4) is 0 Å². The monoisotopic (exact) mass is 252 g/mol. The molecule has 0 amide bonds. The Morgan fingerprint density at radius 1 is 1.17 bits per heavy atom. The molecule has 0 aromatic rings. The van der Waals surface area contributed by atoms with E-state index in [4.69, 9.17) is 0 Å². The van der Waals surface area contributed by atoms with Crippen molar-refractivity contribution in [3.63, 3.8) is 0 Å². The highest BCUT2D eigenvalue weighted by molar-refractivity contribution is 5.99. The minimum Gasteiger partial charge on any atom is -0.299 e. The third-order valence-corrected chi connectivity index (χ3v) is 3.66. The Morgan fingerprint density at radius 3 is 2.56 bits per heavy atom. The highest BCUT2D eigenvalue weighted by Crippen LogP contribution is 2.24. The molecular weight excluding hydrogens is 228 g/mol. The van der Waals surface area contributed by atoms with Crippen LogP contribution in [-0.4, -0.2) is 17.3 Å². The molecule has 1 rings (SSSR count). The fraction of sp³-hybridized carbons (Fsp3) is 0.800. The second-order valence-electron chi connectivity index (χ2n) is 5.31. The Hall–Kier alpha value is -0.990. The van der Waals surface area contributed by atoms with Crippen molar-refractivity contribution in [2.45, 2.75) is 71.1 Å². The van der Waals surface area contributed by atoms with Gasteiger partial charge in [-0.25, -0.2) is 0 Å². The fourth-order valence-electron chi connectivity index (χ4n) is 2.47. The highest BCUT2D eigenvalue weighted by atomic mass is 16.1. The molecule has 3 heteroatoms. The molecule has 0 spiro atoms. The first-order chi connectivity index (χ1) is 8.63. The largest absolute Gasteiger partial charge is 0.299 e. The molecule has 1 unspecified atom stereocenters. The summed E-state index contributed by atoms with van der Waals surface area (Å²) in [7, 11) is 0. The van der Waals surface area contributed by atoms with Gasteiger partial charge >= 0.3 is 0 Å². The Labute approximate surface area is 109 Å². The number of ketones is 3. The van der Waals surface area contributed by atoms with Crippen LogP contribution in [-0.2, 0) is 14.4 Å². The number of hydrogen-bond acceptors (Lipinski definition) is 3. The van der Waals surface area contributed by atoms with Crippen LogP contribution in [0, 0.1) is 5.92 Å². The molecule has 0 saturated heterocycles. The summed E-state index contributed by atoms with van der Waals surface area (Å²) in [4.78, 5) is 34.7. The van der Waals surface area contributed by atoms with Crippen LogP contribution in [0.5, 0.6) is 0 Å². The van der Waals surface area contributed by atoms with Gasteiger partial charge in [-0.1, -0.05) is 19.8 Å². The van der Waals surface area contributed by atoms with Crippen molar-refractivity contribution in [1.29, 1.82) is 0 Å². The van der Waals surface area contributed by atoms with E-state index in [9.17, 15) is 14.4 Å². The lowest BCUT2D eigenvalue weighted by Crippen LogP contribution is -2.20. The van der Waals surface area contributed by atoms with Crippen molar-refractivity contribution in [3.8, 4) is 0 Å². The second kappa shape index (κ2) is 8.17. The summed E-state index contributed by atoms with van der Waals surface area (Å²) in [6.45, 7) is 2.03. The predicted molar refractivity (Wildman–Crippen MR) is 70.4 cm³/mol. The first kappa shape index (κ1) is 15.1.